The highest BCUT2D eigenvalue weighted by Gasteiger charge is 2.18. The van der Waals surface area contributed by atoms with E-state index in [9.17, 15) is 9.59 Å². The molecule has 90 valence electrons. The van der Waals surface area contributed by atoms with Gasteiger partial charge in [0.15, 0.2) is 0 Å². The minimum absolute atomic E-state index is 0.246. The fraction of sp³-hybridized carbons (Fsp3) is 0.273. The van der Waals surface area contributed by atoms with Gasteiger partial charge in [0, 0.05) is 17.0 Å². The van der Waals surface area contributed by atoms with E-state index in [-0.39, 0.29) is 5.56 Å². The number of thiophene rings is 1. The summed E-state index contributed by atoms with van der Waals surface area (Å²) in [4.78, 5) is 23.1. The van der Waals surface area contributed by atoms with Gasteiger partial charge in [0.05, 0.1) is 12.8 Å². The van der Waals surface area contributed by atoms with Gasteiger partial charge >= 0.3 is 5.97 Å². The predicted octanol–water partition coefficient (Wildman–Crippen LogP) is 1.64. The van der Waals surface area contributed by atoms with Crippen LogP contribution in [0.1, 0.15) is 13.0 Å². The summed E-state index contributed by atoms with van der Waals surface area (Å²) >= 11 is 1.55. The molecule has 0 radical (unpaired) electrons. The summed E-state index contributed by atoms with van der Waals surface area (Å²) in [7, 11) is 1.30. The molecule has 0 aromatic carbocycles. The zero-order valence-corrected chi connectivity index (χ0v) is 10.3. The molecule has 2 aromatic heterocycles. The number of hydrogen-bond donors (Lipinski definition) is 1. The highest BCUT2D eigenvalue weighted by atomic mass is 32.1. The zero-order valence-electron chi connectivity index (χ0n) is 9.47. The van der Waals surface area contributed by atoms with Crippen molar-refractivity contribution in [1.29, 1.82) is 0 Å². The van der Waals surface area contributed by atoms with E-state index in [4.69, 9.17) is 0 Å². The second kappa shape index (κ2) is 4.58. The molecule has 2 rings (SSSR count). The highest BCUT2D eigenvalue weighted by molar-refractivity contribution is 7.08. The van der Waals surface area contributed by atoms with E-state index in [1.165, 1.54) is 17.9 Å². The van der Waals surface area contributed by atoms with E-state index in [1.807, 2.05) is 16.8 Å². The lowest BCUT2D eigenvalue weighted by Crippen LogP contribution is -2.26. The van der Waals surface area contributed by atoms with E-state index in [0.29, 0.717) is 5.69 Å². The molecular formula is C11H12N2O3S. The van der Waals surface area contributed by atoms with Crippen molar-refractivity contribution < 1.29 is 9.53 Å². The third kappa shape index (κ3) is 2.16. The van der Waals surface area contributed by atoms with Gasteiger partial charge in [-0.15, -0.1) is 0 Å². The fourth-order valence-electron chi connectivity index (χ4n) is 1.54. The van der Waals surface area contributed by atoms with Crippen LogP contribution in [-0.2, 0) is 9.53 Å². The van der Waals surface area contributed by atoms with Crippen molar-refractivity contribution in [1.82, 2.24) is 9.78 Å². The van der Waals surface area contributed by atoms with E-state index < -0.39 is 12.0 Å². The number of aromatic nitrogens is 2. The van der Waals surface area contributed by atoms with Crippen LogP contribution in [0.4, 0.5) is 0 Å². The van der Waals surface area contributed by atoms with Crippen molar-refractivity contribution in [3.05, 3.63) is 33.2 Å². The molecule has 0 aliphatic carbocycles. The summed E-state index contributed by atoms with van der Waals surface area (Å²) in [5, 5.41) is 6.76. The normalized spacial score (nSPS) is 12.4. The Kier molecular flexibility index (Phi) is 3.14. The third-order valence-electron chi connectivity index (χ3n) is 2.51. The Labute approximate surface area is 102 Å². The van der Waals surface area contributed by atoms with Gasteiger partial charge in [0.1, 0.15) is 6.04 Å². The Balaban J connectivity index is 2.38. The maximum atomic E-state index is 11.7. The summed E-state index contributed by atoms with van der Waals surface area (Å²) < 4.78 is 5.87. The number of methoxy groups -OCH3 is 1. The van der Waals surface area contributed by atoms with Crippen molar-refractivity contribution >= 4 is 17.3 Å². The Bertz CT molecular complexity index is 568. The fourth-order valence-corrected chi connectivity index (χ4v) is 2.20. The number of ether oxygens (including phenoxy) is 1. The molecule has 0 saturated heterocycles. The van der Waals surface area contributed by atoms with E-state index >= 15 is 0 Å². The van der Waals surface area contributed by atoms with Crippen LogP contribution in [0.15, 0.2) is 27.7 Å². The maximum Gasteiger partial charge on any atom is 0.330 e. The SMILES string of the molecule is COC(=O)[C@H](C)n1[nH]c(-c2ccsc2)cc1=O. The Morgan fingerprint density at radius 1 is 1.59 bits per heavy atom. The molecule has 6 heteroatoms. The number of H-pyrrole nitrogens is 1. The van der Waals surface area contributed by atoms with Crippen molar-refractivity contribution in [2.24, 2.45) is 0 Å². The minimum atomic E-state index is -0.653. The van der Waals surface area contributed by atoms with Crippen molar-refractivity contribution in [3.63, 3.8) is 0 Å². The number of carbonyl (C=O) groups is 1. The highest BCUT2D eigenvalue weighted by Crippen LogP contribution is 2.19. The smallest absolute Gasteiger partial charge is 0.330 e. The van der Waals surface area contributed by atoms with E-state index in [2.05, 4.69) is 9.84 Å². The average molecular weight is 252 g/mol. The molecule has 0 amide bonds. The molecule has 5 nitrogen and oxygen atoms in total. The number of aromatic amines is 1. The van der Waals surface area contributed by atoms with Crippen LogP contribution < -0.4 is 5.56 Å². The molecule has 0 spiro atoms. The van der Waals surface area contributed by atoms with Crippen LogP contribution in [-0.4, -0.2) is 22.9 Å². The van der Waals surface area contributed by atoms with Gasteiger partial charge in [0.2, 0.25) is 0 Å². The quantitative estimate of drug-likeness (QED) is 0.844. The minimum Gasteiger partial charge on any atom is -0.467 e. The molecule has 1 N–H and O–H groups in total. The first kappa shape index (κ1) is 11.7. The molecule has 17 heavy (non-hydrogen) atoms. The summed E-state index contributed by atoms with van der Waals surface area (Å²) in [6.07, 6.45) is 0. The van der Waals surface area contributed by atoms with Gasteiger partial charge in [-0.2, -0.15) is 11.3 Å². The first-order chi connectivity index (χ1) is 8.13. The van der Waals surface area contributed by atoms with Crippen LogP contribution in [0.5, 0.6) is 0 Å². The number of nitrogens with one attached hydrogen (secondary N) is 1. The topological polar surface area (TPSA) is 64.1 Å². The summed E-state index contributed by atoms with van der Waals surface area (Å²) in [6.45, 7) is 1.61. The average Bonchev–Trinajstić information content (AvgIpc) is 2.95. The molecule has 0 aliphatic rings. The lowest BCUT2D eigenvalue weighted by molar-refractivity contribution is -0.144. The van der Waals surface area contributed by atoms with Crippen LogP contribution in [0, 0.1) is 0 Å². The number of nitrogens with zero attached hydrogens (tertiary/aromatic N) is 1. The summed E-state index contributed by atoms with van der Waals surface area (Å²) in [5.74, 6) is -0.453. The second-order valence-corrected chi connectivity index (χ2v) is 4.37. The summed E-state index contributed by atoms with van der Waals surface area (Å²) in [5.41, 5.74) is 1.39. The van der Waals surface area contributed by atoms with Crippen molar-refractivity contribution in [2.45, 2.75) is 13.0 Å². The first-order valence-electron chi connectivity index (χ1n) is 5.05. The zero-order chi connectivity index (χ0) is 12.4. The lowest BCUT2D eigenvalue weighted by Gasteiger charge is -2.09. The Morgan fingerprint density at radius 2 is 2.35 bits per heavy atom. The molecule has 0 bridgehead atoms. The molecule has 2 aromatic rings. The summed E-state index contributed by atoms with van der Waals surface area (Å²) in [6, 6.07) is 2.73. The Hall–Kier alpha value is -1.82. The van der Waals surface area contributed by atoms with Crippen molar-refractivity contribution in [3.8, 4) is 11.3 Å². The number of rotatable bonds is 3. The number of carbonyl (C=O) groups excluding carboxylic acids is 1. The van der Waals surface area contributed by atoms with Gasteiger partial charge in [-0.3, -0.25) is 9.89 Å². The van der Waals surface area contributed by atoms with E-state index in [0.717, 1.165) is 5.56 Å². The monoisotopic (exact) mass is 252 g/mol. The lowest BCUT2D eigenvalue weighted by atomic mass is 10.2. The molecule has 2 heterocycles. The molecule has 0 saturated carbocycles. The van der Waals surface area contributed by atoms with Gasteiger partial charge in [0.25, 0.3) is 5.56 Å². The second-order valence-electron chi connectivity index (χ2n) is 3.59. The number of esters is 1. The predicted molar refractivity (Wildman–Crippen MR) is 65.1 cm³/mol. The van der Waals surface area contributed by atoms with Gasteiger partial charge in [-0.25, -0.2) is 9.48 Å². The third-order valence-corrected chi connectivity index (χ3v) is 3.19. The maximum absolute atomic E-state index is 11.7. The van der Waals surface area contributed by atoms with Gasteiger partial charge in [-0.1, -0.05) is 0 Å². The molecule has 0 aliphatic heterocycles. The van der Waals surface area contributed by atoms with Crippen LogP contribution in [0.25, 0.3) is 11.3 Å². The standard InChI is InChI=1S/C11H12N2O3S/c1-7(11(15)16-2)13-10(14)5-9(12-13)8-3-4-17-6-8/h3-7,12H,1-2H3/t7-/m0/s1. The van der Waals surface area contributed by atoms with Crippen LogP contribution in [0.2, 0.25) is 0 Å². The molecule has 0 unspecified atom stereocenters. The Morgan fingerprint density at radius 3 is 2.94 bits per heavy atom. The molecular weight excluding hydrogens is 240 g/mol. The number of hydrogen-bond acceptors (Lipinski definition) is 4. The molecule has 0 fully saturated rings. The van der Waals surface area contributed by atoms with Gasteiger partial charge < -0.3 is 4.74 Å². The van der Waals surface area contributed by atoms with Crippen molar-refractivity contribution in [2.75, 3.05) is 7.11 Å². The van der Waals surface area contributed by atoms with Gasteiger partial charge in [-0.05, 0) is 18.4 Å². The van der Waals surface area contributed by atoms with E-state index in [1.54, 1.807) is 18.3 Å². The molecule has 1 atom stereocenters. The van der Waals surface area contributed by atoms with Crippen LogP contribution in [0.3, 0.4) is 0 Å². The van der Waals surface area contributed by atoms with Crippen LogP contribution >= 0.6 is 11.3 Å². The largest absolute Gasteiger partial charge is 0.467 e. The first-order valence-corrected chi connectivity index (χ1v) is 5.99.